The second kappa shape index (κ2) is 9.42. The zero-order valence-corrected chi connectivity index (χ0v) is 19.4. The number of ether oxygens (including phenoxy) is 2. The summed E-state index contributed by atoms with van der Waals surface area (Å²) >= 11 is 6.62. The van der Waals surface area contributed by atoms with Gasteiger partial charge in [-0.15, -0.1) is 6.42 Å². The van der Waals surface area contributed by atoms with E-state index in [1.807, 2.05) is 13.0 Å². The van der Waals surface area contributed by atoms with Crippen molar-refractivity contribution in [1.82, 2.24) is 4.90 Å². The van der Waals surface area contributed by atoms with Crippen LogP contribution in [0.5, 0.6) is 11.5 Å². The molecular weight excluding hydrogens is 426 g/mol. The van der Waals surface area contributed by atoms with Gasteiger partial charge in [0.1, 0.15) is 6.61 Å². The molecule has 0 fully saturated rings. The highest BCUT2D eigenvalue weighted by Gasteiger charge is 2.43. The van der Waals surface area contributed by atoms with Crippen molar-refractivity contribution in [2.75, 3.05) is 19.8 Å². The first-order chi connectivity index (χ1) is 15.5. The lowest BCUT2D eigenvalue weighted by Gasteiger charge is -2.43. The van der Waals surface area contributed by atoms with E-state index in [4.69, 9.17) is 27.5 Å². The summed E-state index contributed by atoms with van der Waals surface area (Å²) < 4.78 is 11.5. The topological polar surface area (TPSA) is 55.8 Å². The molecule has 1 aromatic carbocycles. The van der Waals surface area contributed by atoms with Crippen molar-refractivity contribution >= 4 is 23.2 Å². The molecule has 0 N–H and O–H groups in total. The largest absolute Gasteiger partial charge is 0.490 e. The molecule has 0 radical (unpaired) electrons. The molecule has 0 unspecified atom stereocenters. The minimum absolute atomic E-state index is 0.0651. The molecule has 1 heterocycles. The van der Waals surface area contributed by atoms with Crippen LogP contribution in [0.4, 0.5) is 0 Å². The first kappa shape index (κ1) is 22.5. The predicted molar refractivity (Wildman–Crippen MR) is 124 cm³/mol. The van der Waals surface area contributed by atoms with Crippen LogP contribution in [0, 0.1) is 12.3 Å². The van der Waals surface area contributed by atoms with Crippen molar-refractivity contribution in [3.05, 3.63) is 45.3 Å². The fraction of sp³-hybridized carbons (Fsp3) is 0.462. The Bertz CT molecular complexity index is 1020. The highest BCUT2D eigenvalue weighted by molar-refractivity contribution is 6.32. The van der Waals surface area contributed by atoms with Crippen LogP contribution in [0.1, 0.15) is 63.9 Å². The Kier molecular flexibility index (Phi) is 6.62. The number of carbonyl (C=O) groups is 2. The number of nitrogens with zero attached hydrogens (tertiary/aromatic N) is 1. The Morgan fingerprint density at radius 1 is 1.03 bits per heavy atom. The minimum atomic E-state index is -0.429. The SMILES string of the molecule is C#CCOc1c(Cl)cc(C2C3=C(CCCC3=O)N(CC)C3=C2C(=O)CCC3)cc1OCC. The maximum atomic E-state index is 13.2. The average molecular weight is 454 g/mol. The second-order valence-electron chi connectivity index (χ2n) is 8.21. The number of hydrogen-bond donors (Lipinski definition) is 0. The normalized spacial score (nSPS) is 19.0. The molecule has 32 heavy (non-hydrogen) atoms. The Morgan fingerprint density at radius 3 is 2.19 bits per heavy atom. The third kappa shape index (κ3) is 3.82. The minimum Gasteiger partial charge on any atom is -0.490 e. The third-order valence-corrected chi connectivity index (χ3v) is 6.65. The molecule has 0 spiro atoms. The van der Waals surface area contributed by atoms with Crippen molar-refractivity contribution in [3.8, 4) is 23.8 Å². The van der Waals surface area contributed by atoms with Gasteiger partial charge < -0.3 is 14.4 Å². The van der Waals surface area contributed by atoms with Crippen LogP contribution in [-0.2, 0) is 9.59 Å². The highest BCUT2D eigenvalue weighted by atomic mass is 35.5. The van der Waals surface area contributed by atoms with Gasteiger partial charge in [0.2, 0.25) is 0 Å². The maximum Gasteiger partial charge on any atom is 0.181 e. The lowest BCUT2D eigenvalue weighted by molar-refractivity contribution is -0.117. The van der Waals surface area contributed by atoms with Crippen molar-refractivity contribution in [2.45, 2.75) is 58.3 Å². The molecule has 0 bridgehead atoms. The Morgan fingerprint density at radius 2 is 1.66 bits per heavy atom. The van der Waals surface area contributed by atoms with E-state index in [-0.39, 0.29) is 18.2 Å². The van der Waals surface area contributed by atoms with E-state index in [2.05, 4.69) is 17.7 Å². The lowest BCUT2D eigenvalue weighted by Crippen LogP contribution is -2.39. The van der Waals surface area contributed by atoms with Gasteiger partial charge in [0.25, 0.3) is 0 Å². The fourth-order valence-corrected chi connectivity index (χ4v) is 5.48. The van der Waals surface area contributed by atoms with E-state index in [1.54, 1.807) is 6.07 Å². The lowest BCUT2D eigenvalue weighted by atomic mass is 9.71. The summed E-state index contributed by atoms with van der Waals surface area (Å²) in [6, 6.07) is 3.65. The number of carbonyl (C=O) groups excluding carboxylic acids is 2. The van der Waals surface area contributed by atoms with Crippen LogP contribution in [0.15, 0.2) is 34.7 Å². The van der Waals surface area contributed by atoms with E-state index in [1.165, 1.54) is 0 Å². The van der Waals surface area contributed by atoms with Crippen LogP contribution in [0.2, 0.25) is 5.02 Å². The van der Waals surface area contributed by atoms with Gasteiger partial charge in [-0.05, 0) is 57.2 Å². The summed E-state index contributed by atoms with van der Waals surface area (Å²) in [5, 5.41) is 0.356. The van der Waals surface area contributed by atoms with Gasteiger partial charge in [-0.25, -0.2) is 0 Å². The average Bonchev–Trinajstić information content (AvgIpc) is 2.77. The standard InChI is InChI=1S/C26H28ClNO4/c1-4-13-32-26-17(27)14-16(15-22(26)31-6-3)23-24-18(9-7-11-20(24)29)28(5-2)19-10-8-12-21(30)25(19)23/h1,14-15,23H,5-13H2,2-3H3. The molecule has 168 valence electrons. The van der Waals surface area contributed by atoms with Gasteiger partial charge in [0.05, 0.1) is 11.6 Å². The third-order valence-electron chi connectivity index (χ3n) is 6.37. The second-order valence-corrected chi connectivity index (χ2v) is 8.61. The molecule has 2 aliphatic carbocycles. The molecule has 4 rings (SSSR count). The van der Waals surface area contributed by atoms with Gasteiger partial charge in [0.15, 0.2) is 23.1 Å². The van der Waals surface area contributed by atoms with Gasteiger partial charge in [-0.1, -0.05) is 17.5 Å². The van der Waals surface area contributed by atoms with E-state index < -0.39 is 5.92 Å². The first-order valence-electron chi connectivity index (χ1n) is 11.3. The summed E-state index contributed by atoms with van der Waals surface area (Å²) in [5.41, 5.74) is 4.38. The molecule has 0 amide bonds. The van der Waals surface area contributed by atoms with Crippen molar-refractivity contribution < 1.29 is 19.1 Å². The molecule has 0 saturated heterocycles. The molecular formula is C26H28ClNO4. The summed E-state index contributed by atoms with van der Waals surface area (Å²) in [6.07, 6.45) is 9.70. The number of ketones is 2. The van der Waals surface area contributed by atoms with Crippen molar-refractivity contribution in [3.63, 3.8) is 0 Å². The first-order valence-corrected chi connectivity index (χ1v) is 11.7. The number of allylic oxidation sites excluding steroid dienone is 4. The molecule has 0 saturated carbocycles. The zero-order chi connectivity index (χ0) is 22.8. The number of Topliss-reactive ketones (excluding diaryl/α,β-unsaturated/α-hetero) is 2. The molecule has 6 heteroatoms. The van der Waals surface area contributed by atoms with E-state index in [0.29, 0.717) is 36.0 Å². The number of terminal acetylenes is 1. The quantitative estimate of drug-likeness (QED) is 0.555. The summed E-state index contributed by atoms with van der Waals surface area (Å²) in [6.45, 7) is 5.18. The van der Waals surface area contributed by atoms with Gasteiger partial charge in [-0.2, -0.15) is 0 Å². The smallest absolute Gasteiger partial charge is 0.181 e. The van der Waals surface area contributed by atoms with Crippen molar-refractivity contribution in [2.24, 2.45) is 0 Å². The zero-order valence-electron chi connectivity index (χ0n) is 18.6. The van der Waals surface area contributed by atoms with Crippen LogP contribution >= 0.6 is 11.6 Å². The predicted octanol–water partition coefficient (Wildman–Crippen LogP) is 5.18. The van der Waals surface area contributed by atoms with Crippen LogP contribution in [-0.4, -0.2) is 36.2 Å². The Balaban J connectivity index is 1.93. The van der Waals surface area contributed by atoms with Crippen LogP contribution in [0.3, 0.4) is 0 Å². The molecule has 3 aliphatic rings. The fourth-order valence-electron chi connectivity index (χ4n) is 5.20. The number of benzene rings is 1. The van der Waals surface area contributed by atoms with E-state index in [9.17, 15) is 9.59 Å². The van der Waals surface area contributed by atoms with Gasteiger partial charge >= 0.3 is 0 Å². The number of hydrogen-bond acceptors (Lipinski definition) is 5. The Hall–Kier alpha value is -2.71. The molecule has 0 aromatic heterocycles. The monoisotopic (exact) mass is 453 g/mol. The Labute approximate surface area is 194 Å². The van der Waals surface area contributed by atoms with Gasteiger partial charge in [0, 0.05) is 47.8 Å². The van der Waals surface area contributed by atoms with Crippen LogP contribution in [0.25, 0.3) is 0 Å². The molecule has 1 aliphatic heterocycles. The summed E-state index contributed by atoms with van der Waals surface area (Å²) in [5.74, 6) is 3.09. The molecule has 0 atom stereocenters. The molecule has 5 nitrogen and oxygen atoms in total. The van der Waals surface area contributed by atoms with Gasteiger partial charge in [-0.3, -0.25) is 9.59 Å². The summed E-state index contributed by atoms with van der Waals surface area (Å²) in [7, 11) is 0. The molecule has 1 aromatic rings. The summed E-state index contributed by atoms with van der Waals surface area (Å²) in [4.78, 5) is 28.7. The number of rotatable bonds is 6. The number of halogens is 1. The highest BCUT2D eigenvalue weighted by Crippen LogP contribution is 2.51. The van der Waals surface area contributed by atoms with Crippen molar-refractivity contribution in [1.29, 1.82) is 0 Å². The van der Waals surface area contributed by atoms with E-state index >= 15 is 0 Å². The van der Waals surface area contributed by atoms with Crippen LogP contribution < -0.4 is 9.47 Å². The van der Waals surface area contributed by atoms with E-state index in [0.717, 1.165) is 60.3 Å². The maximum absolute atomic E-state index is 13.2.